The van der Waals surface area contributed by atoms with Crippen LogP contribution >= 0.6 is 0 Å². The van der Waals surface area contributed by atoms with Crippen molar-refractivity contribution in [1.29, 1.82) is 0 Å². The van der Waals surface area contributed by atoms with Gasteiger partial charge in [-0.1, -0.05) is 152 Å². The molecular weight excluding hydrogens is 486 g/mol. The van der Waals surface area contributed by atoms with Crippen LogP contribution in [0.2, 0.25) is 0 Å². The molecule has 192 valence electrons. The Morgan fingerprint density at radius 2 is 0.975 bits per heavy atom. The van der Waals surface area contributed by atoms with Gasteiger partial charge in [0.15, 0.2) is 0 Å². The van der Waals surface area contributed by atoms with E-state index in [2.05, 4.69) is 150 Å². The average Bonchev–Trinajstić information content (AvgIpc) is 3.05. The normalized spacial score (nSPS) is 16.8. The van der Waals surface area contributed by atoms with Crippen molar-refractivity contribution in [3.8, 4) is 22.3 Å². The third-order valence-corrected chi connectivity index (χ3v) is 7.60. The Morgan fingerprint density at radius 3 is 1.65 bits per heavy atom. The molecule has 0 saturated heterocycles. The van der Waals surface area contributed by atoms with E-state index in [1.807, 2.05) is 12.1 Å². The molecule has 2 unspecified atom stereocenters. The molecule has 2 atom stereocenters. The van der Waals surface area contributed by atoms with Crippen molar-refractivity contribution in [2.24, 2.45) is 4.99 Å². The second kappa shape index (κ2) is 10.6. The summed E-state index contributed by atoms with van der Waals surface area (Å²) in [4.78, 5) is 5.18. The van der Waals surface area contributed by atoms with Crippen LogP contribution in [0.1, 0.15) is 29.0 Å². The Labute approximate surface area is 234 Å². The van der Waals surface area contributed by atoms with Crippen molar-refractivity contribution < 1.29 is 0 Å². The molecule has 1 aliphatic rings. The number of nitrogens with zero attached hydrogens (tertiary/aromatic N) is 1. The van der Waals surface area contributed by atoms with E-state index in [1.165, 1.54) is 38.6 Å². The molecule has 40 heavy (non-hydrogen) atoms. The number of rotatable bonds is 5. The SMILES string of the molecule is c1ccc(-c2ccc(C3=NC(c4ccc(-c5ccccc5)cc4)NC(c4cccc5ccccc45)N3)cc2)cc1. The van der Waals surface area contributed by atoms with Gasteiger partial charge in [0.2, 0.25) is 0 Å². The molecule has 0 spiro atoms. The summed E-state index contributed by atoms with van der Waals surface area (Å²) in [6.07, 6.45) is -0.301. The smallest absolute Gasteiger partial charge is 0.131 e. The van der Waals surface area contributed by atoms with E-state index in [0.717, 1.165) is 17.0 Å². The zero-order valence-electron chi connectivity index (χ0n) is 22.0. The van der Waals surface area contributed by atoms with Crippen molar-refractivity contribution in [3.63, 3.8) is 0 Å². The number of nitrogens with one attached hydrogen (secondary N) is 2. The molecular formula is C37H29N3. The summed E-state index contributed by atoms with van der Waals surface area (Å²) in [6, 6.07) is 53.4. The molecule has 0 saturated carbocycles. The molecule has 0 amide bonds. The highest BCUT2D eigenvalue weighted by molar-refractivity contribution is 6.00. The topological polar surface area (TPSA) is 36.4 Å². The van der Waals surface area contributed by atoms with Gasteiger partial charge in [-0.3, -0.25) is 5.32 Å². The van der Waals surface area contributed by atoms with Crippen LogP contribution in [0.15, 0.2) is 157 Å². The van der Waals surface area contributed by atoms with Crippen LogP contribution in [0.25, 0.3) is 33.0 Å². The third kappa shape index (κ3) is 4.79. The Morgan fingerprint density at radius 1 is 0.450 bits per heavy atom. The van der Waals surface area contributed by atoms with Crippen LogP contribution in [0.5, 0.6) is 0 Å². The lowest BCUT2D eigenvalue weighted by Gasteiger charge is -2.33. The summed E-state index contributed by atoms with van der Waals surface area (Å²) in [5.41, 5.74) is 8.21. The summed E-state index contributed by atoms with van der Waals surface area (Å²) in [5.74, 6) is 0.883. The molecule has 3 heteroatoms. The van der Waals surface area contributed by atoms with Crippen LogP contribution in [-0.2, 0) is 0 Å². The summed E-state index contributed by atoms with van der Waals surface area (Å²) < 4.78 is 0. The lowest BCUT2D eigenvalue weighted by atomic mass is 9.99. The highest BCUT2D eigenvalue weighted by Gasteiger charge is 2.26. The van der Waals surface area contributed by atoms with Gasteiger partial charge in [0.25, 0.3) is 0 Å². The van der Waals surface area contributed by atoms with Crippen molar-refractivity contribution in [2.75, 3.05) is 0 Å². The molecule has 2 N–H and O–H groups in total. The minimum atomic E-state index is -0.196. The maximum atomic E-state index is 5.18. The van der Waals surface area contributed by atoms with Crippen LogP contribution < -0.4 is 10.6 Å². The second-order valence-electron chi connectivity index (χ2n) is 10.1. The minimum absolute atomic E-state index is 0.105. The first-order valence-electron chi connectivity index (χ1n) is 13.7. The number of aliphatic imine (C=N–C) groups is 1. The van der Waals surface area contributed by atoms with Gasteiger partial charge in [0, 0.05) is 5.56 Å². The molecule has 0 aliphatic carbocycles. The zero-order chi connectivity index (χ0) is 26.7. The van der Waals surface area contributed by atoms with E-state index < -0.39 is 0 Å². The lowest BCUT2D eigenvalue weighted by Crippen LogP contribution is -2.45. The van der Waals surface area contributed by atoms with E-state index in [0.29, 0.717) is 0 Å². The predicted molar refractivity (Wildman–Crippen MR) is 166 cm³/mol. The molecule has 3 nitrogen and oxygen atoms in total. The fourth-order valence-electron chi connectivity index (χ4n) is 5.48. The van der Waals surface area contributed by atoms with E-state index in [1.54, 1.807) is 0 Å². The van der Waals surface area contributed by atoms with E-state index in [-0.39, 0.29) is 12.3 Å². The monoisotopic (exact) mass is 515 g/mol. The van der Waals surface area contributed by atoms with Crippen molar-refractivity contribution in [1.82, 2.24) is 10.6 Å². The molecule has 0 bridgehead atoms. The van der Waals surface area contributed by atoms with Gasteiger partial charge in [-0.2, -0.15) is 0 Å². The number of amidine groups is 1. The quantitative estimate of drug-likeness (QED) is 0.241. The standard InChI is InChI=1S/C37H29N3/c1-3-10-26(11-4-1)28-18-22-31(23-19-28)35-38-36(32-24-20-29(21-25-32)27-12-5-2-6-13-27)40-37(39-35)34-17-9-15-30-14-7-8-16-33(30)34/h1-25,35,37,39H,(H,38,40). The summed E-state index contributed by atoms with van der Waals surface area (Å²) in [7, 11) is 0. The number of fused-ring (bicyclic) bond motifs is 1. The molecule has 1 aliphatic heterocycles. The third-order valence-electron chi connectivity index (χ3n) is 7.60. The van der Waals surface area contributed by atoms with Gasteiger partial charge in [0.05, 0.1) is 0 Å². The Bertz CT molecular complexity index is 1770. The van der Waals surface area contributed by atoms with Gasteiger partial charge in [-0.15, -0.1) is 0 Å². The molecule has 6 aromatic rings. The summed E-state index contributed by atoms with van der Waals surface area (Å²) in [6.45, 7) is 0. The zero-order valence-corrected chi connectivity index (χ0v) is 22.0. The average molecular weight is 516 g/mol. The first-order chi connectivity index (χ1) is 19.8. The van der Waals surface area contributed by atoms with E-state index in [4.69, 9.17) is 4.99 Å². The highest BCUT2D eigenvalue weighted by atomic mass is 15.3. The van der Waals surface area contributed by atoms with Crippen LogP contribution in [0.4, 0.5) is 0 Å². The molecule has 6 aromatic carbocycles. The fraction of sp³-hybridized carbons (Fsp3) is 0.0541. The predicted octanol–water partition coefficient (Wildman–Crippen LogP) is 8.51. The summed E-state index contributed by atoms with van der Waals surface area (Å²) in [5, 5.41) is 9.95. The van der Waals surface area contributed by atoms with Gasteiger partial charge in [-0.25, -0.2) is 4.99 Å². The van der Waals surface area contributed by atoms with E-state index in [9.17, 15) is 0 Å². The first kappa shape index (κ1) is 24.1. The fourth-order valence-corrected chi connectivity index (χ4v) is 5.48. The Kier molecular flexibility index (Phi) is 6.41. The molecule has 0 aromatic heterocycles. The van der Waals surface area contributed by atoms with Crippen LogP contribution in [-0.4, -0.2) is 5.84 Å². The van der Waals surface area contributed by atoms with E-state index >= 15 is 0 Å². The number of hydrogen-bond acceptors (Lipinski definition) is 3. The van der Waals surface area contributed by atoms with Gasteiger partial charge >= 0.3 is 0 Å². The Balaban J connectivity index is 1.27. The second-order valence-corrected chi connectivity index (χ2v) is 10.1. The number of hydrogen-bond donors (Lipinski definition) is 2. The largest absolute Gasteiger partial charge is 0.350 e. The van der Waals surface area contributed by atoms with Crippen molar-refractivity contribution >= 4 is 16.6 Å². The highest BCUT2D eigenvalue weighted by Crippen LogP contribution is 2.31. The number of benzene rings is 6. The maximum Gasteiger partial charge on any atom is 0.131 e. The molecule has 7 rings (SSSR count). The molecule has 0 fully saturated rings. The summed E-state index contributed by atoms with van der Waals surface area (Å²) >= 11 is 0. The minimum Gasteiger partial charge on any atom is -0.350 e. The van der Waals surface area contributed by atoms with Gasteiger partial charge in [0.1, 0.15) is 18.2 Å². The molecule has 0 radical (unpaired) electrons. The lowest BCUT2D eigenvalue weighted by molar-refractivity contribution is 0.411. The van der Waals surface area contributed by atoms with Crippen LogP contribution in [0.3, 0.4) is 0 Å². The Hall–Kier alpha value is -4.99. The van der Waals surface area contributed by atoms with Gasteiger partial charge in [-0.05, 0) is 44.2 Å². The first-order valence-corrected chi connectivity index (χ1v) is 13.7. The maximum absolute atomic E-state index is 5.18. The van der Waals surface area contributed by atoms with Crippen molar-refractivity contribution in [2.45, 2.75) is 12.3 Å². The van der Waals surface area contributed by atoms with Crippen LogP contribution in [0, 0.1) is 0 Å². The molecule has 1 heterocycles. The van der Waals surface area contributed by atoms with Gasteiger partial charge < -0.3 is 5.32 Å². The van der Waals surface area contributed by atoms with Crippen molar-refractivity contribution in [3.05, 3.63) is 168 Å².